The van der Waals surface area contributed by atoms with Gasteiger partial charge in [-0.3, -0.25) is 4.99 Å². The zero-order valence-electron chi connectivity index (χ0n) is 18.2. The Kier molecular flexibility index (Phi) is 10.1. The van der Waals surface area contributed by atoms with Gasteiger partial charge in [-0.15, -0.1) is 35.3 Å². The van der Waals surface area contributed by atoms with E-state index in [9.17, 15) is 0 Å². The first-order chi connectivity index (χ1) is 14.6. The lowest BCUT2D eigenvalue weighted by Gasteiger charge is -2.19. The van der Waals surface area contributed by atoms with Crippen LogP contribution < -0.4 is 20.1 Å². The van der Waals surface area contributed by atoms with Crippen LogP contribution in [-0.4, -0.2) is 31.2 Å². The number of nitrogens with one attached hydrogen (secondary N) is 2. The van der Waals surface area contributed by atoms with E-state index in [2.05, 4.69) is 27.5 Å². The molecule has 3 rings (SSSR count). The number of aliphatic imine (C=N–C) groups is 1. The Morgan fingerprint density at radius 1 is 1.19 bits per heavy atom. The van der Waals surface area contributed by atoms with Crippen molar-refractivity contribution in [3.8, 4) is 22.3 Å². The Morgan fingerprint density at radius 2 is 1.97 bits per heavy atom. The van der Waals surface area contributed by atoms with Gasteiger partial charge in [0.1, 0.15) is 6.26 Å². The van der Waals surface area contributed by atoms with E-state index in [1.807, 2.05) is 49.6 Å². The Balaban J connectivity index is 0.00000341. The van der Waals surface area contributed by atoms with Gasteiger partial charge in [0.15, 0.2) is 17.5 Å². The van der Waals surface area contributed by atoms with Crippen LogP contribution in [0.25, 0.3) is 10.8 Å². The summed E-state index contributed by atoms with van der Waals surface area (Å²) >= 11 is 1.60. The first kappa shape index (κ1) is 25.0. The van der Waals surface area contributed by atoms with Crippen LogP contribution in [0.15, 0.2) is 51.4 Å². The molecule has 1 atom stereocenters. The molecule has 31 heavy (non-hydrogen) atoms. The van der Waals surface area contributed by atoms with Gasteiger partial charge >= 0.3 is 0 Å². The fraction of sp³-hybridized carbons (Fsp3) is 0.364. The van der Waals surface area contributed by atoms with E-state index < -0.39 is 0 Å². The van der Waals surface area contributed by atoms with Crippen molar-refractivity contribution in [1.29, 1.82) is 0 Å². The second-order valence-electron chi connectivity index (χ2n) is 6.49. The SMILES string of the molecule is CCOc1ccc(C(C)NC(=NC)NCc2coc(-c3cccs3)n2)cc1OCC.I. The molecule has 3 aromatic rings. The van der Waals surface area contributed by atoms with Crippen molar-refractivity contribution in [3.05, 3.63) is 53.2 Å². The fourth-order valence-electron chi connectivity index (χ4n) is 2.90. The smallest absolute Gasteiger partial charge is 0.236 e. The van der Waals surface area contributed by atoms with Crippen LogP contribution in [0, 0.1) is 0 Å². The average Bonchev–Trinajstić information content (AvgIpc) is 3.44. The molecule has 0 saturated carbocycles. The number of nitrogens with zero attached hydrogens (tertiary/aromatic N) is 2. The van der Waals surface area contributed by atoms with E-state index in [0.717, 1.165) is 27.6 Å². The molecule has 9 heteroatoms. The summed E-state index contributed by atoms with van der Waals surface area (Å²) in [5, 5.41) is 8.68. The predicted molar refractivity (Wildman–Crippen MR) is 136 cm³/mol. The molecule has 0 aliphatic rings. The third kappa shape index (κ3) is 6.86. The van der Waals surface area contributed by atoms with Crippen LogP contribution in [0.2, 0.25) is 0 Å². The average molecular weight is 556 g/mol. The number of thiophene rings is 1. The molecule has 1 aromatic carbocycles. The van der Waals surface area contributed by atoms with Gasteiger partial charge < -0.3 is 24.5 Å². The predicted octanol–water partition coefficient (Wildman–Crippen LogP) is 5.24. The zero-order valence-corrected chi connectivity index (χ0v) is 21.3. The van der Waals surface area contributed by atoms with E-state index in [-0.39, 0.29) is 30.0 Å². The van der Waals surface area contributed by atoms with E-state index in [0.29, 0.717) is 31.6 Å². The van der Waals surface area contributed by atoms with Crippen molar-refractivity contribution < 1.29 is 13.9 Å². The molecule has 0 radical (unpaired) electrons. The number of halogens is 1. The van der Waals surface area contributed by atoms with Crippen molar-refractivity contribution in [3.63, 3.8) is 0 Å². The highest BCUT2D eigenvalue weighted by Crippen LogP contribution is 2.30. The topological polar surface area (TPSA) is 80.9 Å². The number of ether oxygens (including phenoxy) is 2. The molecule has 7 nitrogen and oxygen atoms in total. The Labute approximate surface area is 204 Å². The monoisotopic (exact) mass is 556 g/mol. The van der Waals surface area contributed by atoms with Crippen LogP contribution in [0.5, 0.6) is 11.5 Å². The minimum absolute atomic E-state index is 0. The molecule has 1 unspecified atom stereocenters. The molecule has 0 amide bonds. The number of hydrogen-bond donors (Lipinski definition) is 2. The van der Waals surface area contributed by atoms with E-state index in [1.165, 1.54) is 0 Å². The molecule has 0 spiro atoms. The highest BCUT2D eigenvalue weighted by Gasteiger charge is 2.13. The summed E-state index contributed by atoms with van der Waals surface area (Å²) in [7, 11) is 1.74. The normalized spacial score (nSPS) is 12.1. The Bertz CT molecular complexity index is 960. The molecule has 2 heterocycles. The maximum atomic E-state index is 5.73. The molecule has 2 N–H and O–H groups in total. The zero-order chi connectivity index (χ0) is 21.3. The lowest BCUT2D eigenvalue weighted by molar-refractivity contribution is 0.287. The summed E-state index contributed by atoms with van der Waals surface area (Å²) in [5.74, 6) is 2.81. The highest BCUT2D eigenvalue weighted by molar-refractivity contribution is 14.0. The van der Waals surface area contributed by atoms with Gasteiger partial charge in [0.25, 0.3) is 0 Å². The number of aromatic nitrogens is 1. The summed E-state index contributed by atoms with van der Waals surface area (Å²) < 4.78 is 16.9. The third-order valence-electron chi connectivity index (χ3n) is 4.36. The van der Waals surface area contributed by atoms with Gasteiger partial charge in [-0.05, 0) is 49.9 Å². The van der Waals surface area contributed by atoms with Crippen molar-refractivity contribution in [2.45, 2.75) is 33.4 Å². The highest BCUT2D eigenvalue weighted by atomic mass is 127. The van der Waals surface area contributed by atoms with Gasteiger partial charge in [0.05, 0.1) is 36.4 Å². The van der Waals surface area contributed by atoms with Crippen molar-refractivity contribution >= 4 is 41.3 Å². The van der Waals surface area contributed by atoms with Crippen molar-refractivity contribution in [2.24, 2.45) is 4.99 Å². The number of rotatable bonds is 9. The second kappa shape index (κ2) is 12.6. The standard InChI is InChI=1S/C22H28N4O3S.HI/c1-5-27-18-10-9-16(12-19(18)28-6-2)15(3)25-22(23-4)24-13-17-14-29-21(26-17)20-8-7-11-30-20;/h7-12,14-15H,5-6,13H2,1-4H3,(H2,23,24,25);1H. The van der Waals surface area contributed by atoms with Crippen molar-refractivity contribution in [1.82, 2.24) is 15.6 Å². The fourth-order valence-corrected chi connectivity index (χ4v) is 3.55. The molecule has 168 valence electrons. The van der Waals surface area contributed by atoms with Gasteiger partial charge in [-0.1, -0.05) is 12.1 Å². The quantitative estimate of drug-likeness (QED) is 0.213. The molecule has 0 aliphatic carbocycles. The van der Waals surface area contributed by atoms with Crippen molar-refractivity contribution in [2.75, 3.05) is 20.3 Å². The molecule has 0 saturated heterocycles. The maximum absolute atomic E-state index is 5.73. The Hall–Kier alpha value is -2.27. The van der Waals surface area contributed by atoms with E-state index >= 15 is 0 Å². The lowest BCUT2D eigenvalue weighted by atomic mass is 10.1. The van der Waals surface area contributed by atoms with Gasteiger partial charge in [0.2, 0.25) is 5.89 Å². The second-order valence-corrected chi connectivity index (χ2v) is 7.43. The van der Waals surface area contributed by atoms with Gasteiger partial charge in [0, 0.05) is 7.05 Å². The van der Waals surface area contributed by atoms with Gasteiger partial charge in [-0.25, -0.2) is 4.98 Å². The van der Waals surface area contributed by atoms with Crippen LogP contribution in [-0.2, 0) is 6.54 Å². The minimum atomic E-state index is 0. The number of benzene rings is 1. The first-order valence-electron chi connectivity index (χ1n) is 9.99. The third-order valence-corrected chi connectivity index (χ3v) is 5.22. The summed E-state index contributed by atoms with van der Waals surface area (Å²) in [4.78, 5) is 9.85. The van der Waals surface area contributed by atoms with Crippen LogP contribution in [0.4, 0.5) is 0 Å². The van der Waals surface area contributed by atoms with Crippen LogP contribution in [0.1, 0.15) is 38.1 Å². The first-order valence-corrected chi connectivity index (χ1v) is 10.9. The molecule has 0 aliphatic heterocycles. The number of hydrogen-bond acceptors (Lipinski definition) is 6. The number of guanidine groups is 1. The van der Waals surface area contributed by atoms with E-state index in [1.54, 1.807) is 24.6 Å². The summed E-state index contributed by atoms with van der Waals surface area (Å²) in [6.45, 7) is 7.68. The summed E-state index contributed by atoms with van der Waals surface area (Å²) in [6, 6.07) is 9.97. The van der Waals surface area contributed by atoms with E-state index in [4.69, 9.17) is 13.9 Å². The molecular formula is C22H29IN4O3S. The van der Waals surface area contributed by atoms with Crippen LogP contribution >= 0.6 is 35.3 Å². The Morgan fingerprint density at radius 3 is 2.65 bits per heavy atom. The van der Waals surface area contributed by atoms with Gasteiger partial charge in [-0.2, -0.15) is 0 Å². The summed E-state index contributed by atoms with van der Waals surface area (Å²) in [6.07, 6.45) is 1.67. The lowest BCUT2D eigenvalue weighted by Crippen LogP contribution is -2.38. The molecular weight excluding hydrogens is 527 g/mol. The minimum Gasteiger partial charge on any atom is -0.490 e. The molecule has 0 fully saturated rings. The summed E-state index contributed by atoms with van der Waals surface area (Å²) in [5.41, 5.74) is 1.89. The largest absolute Gasteiger partial charge is 0.490 e. The molecule has 0 bridgehead atoms. The molecule has 2 aromatic heterocycles. The maximum Gasteiger partial charge on any atom is 0.236 e. The number of oxazole rings is 1. The van der Waals surface area contributed by atoms with Crippen LogP contribution in [0.3, 0.4) is 0 Å².